The van der Waals surface area contributed by atoms with Gasteiger partial charge in [-0.25, -0.2) is 0 Å². The van der Waals surface area contributed by atoms with Crippen molar-refractivity contribution in [2.45, 2.75) is 19.3 Å². The van der Waals surface area contributed by atoms with Crippen LogP contribution in [0.15, 0.2) is 30.3 Å². The average molecular weight is 263 g/mol. The number of amides is 1. The van der Waals surface area contributed by atoms with E-state index in [4.69, 9.17) is 9.47 Å². The predicted octanol–water partition coefficient (Wildman–Crippen LogP) is 2.00. The largest absolute Gasteiger partial charge is 0.493 e. The molecule has 104 valence electrons. The molecule has 2 rings (SSSR count). The summed E-state index contributed by atoms with van der Waals surface area (Å²) in [5.74, 6) is 1.43. The molecule has 0 spiro atoms. The topological polar surface area (TPSA) is 47.6 Å². The molecule has 0 aliphatic carbocycles. The van der Waals surface area contributed by atoms with E-state index in [1.807, 2.05) is 30.3 Å². The highest BCUT2D eigenvalue weighted by molar-refractivity contribution is 5.75. The van der Waals surface area contributed by atoms with Crippen molar-refractivity contribution in [3.8, 4) is 5.75 Å². The van der Waals surface area contributed by atoms with E-state index in [1.54, 1.807) is 0 Å². The second-order valence-electron chi connectivity index (χ2n) is 4.77. The summed E-state index contributed by atoms with van der Waals surface area (Å²) in [6.07, 6.45) is 2.49. The summed E-state index contributed by atoms with van der Waals surface area (Å²) in [5.41, 5.74) is 0. The average Bonchev–Trinajstić information content (AvgIpc) is 2.47. The Morgan fingerprint density at radius 1 is 1.26 bits per heavy atom. The number of rotatable bonds is 6. The minimum Gasteiger partial charge on any atom is -0.493 e. The number of carbonyl (C=O) groups excluding carboxylic acids is 1. The molecule has 1 aliphatic heterocycles. The van der Waals surface area contributed by atoms with Crippen molar-refractivity contribution in [2.24, 2.45) is 5.92 Å². The van der Waals surface area contributed by atoms with E-state index in [9.17, 15) is 4.79 Å². The van der Waals surface area contributed by atoms with Gasteiger partial charge < -0.3 is 14.8 Å². The quantitative estimate of drug-likeness (QED) is 0.854. The van der Waals surface area contributed by atoms with Crippen molar-refractivity contribution in [1.29, 1.82) is 0 Å². The van der Waals surface area contributed by atoms with Crippen molar-refractivity contribution in [3.05, 3.63) is 30.3 Å². The fourth-order valence-corrected chi connectivity index (χ4v) is 2.08. The molecule has 4 nitrogen and oxygen atoms in total. The lowest BCUT2D eigenvalue weighted by atomic mass is 10.0. The number of carbonyl (C=O) groups is 1. The van der Waals surface area contributed by atoms with Crippen molar-refractivity contribution in [2.75, 3.05) is 26.4 Å². The van der Waals surface area contributed by atoms with Gasteiger partial charge in [-0.05, 0) is 30.9 Å². The first-order valence-electron chi connectivity index (χ1n) is 6.87. The van der Waals surface area contributed by atoms with Gasteiger partial charge in [-0.1, -0.05) is 18.2 Å². The Kier molecular flexibility index (Phi) is 5.69. The van der Waals surface area contributed by atoms with E-state index in [0.29, 0.717) is 18.9 Å². The zero-order valence-corrected chi connectivity index (χ0v) is 11.1. The lowest BCUT2D eigenvalue weighted by Crippen LogP contribution is -2.32. The normalized spacial score (nSPS) is 16.0. The van der Waals surface area contributed by atoms with Crippen LogP contribution in [0.3, 0.4) is 0 Å². The van der Waals surface area contributed by atoms with Gasteiger partial charge >= 0.3 is 0 Å². The van der Waals surface area contributed by atoms with Crippen molar-refractivity contribution >= 4 is 5.91 Å². The molecule has 0 atom stereocenters. The molecule has 0 radical (unpaired) electrons. The Morgan fingerprint density at radius 2 is 2.00 bits per heavy atom. The summed E-state index contributed by atoms with van der Waals surface area (Å²) < 4.78 is 10.8. The molecule has 0 saturated carbocycles. The third-order valence-electron chi connectivity index (χ3n) is 3.27. The molecule has 4 heteroatoms. The predicted molar refractivity (Wildman–Crippen MR) is 73.1 cm³/mol. The number of para-hydroxylation sites is 1. The molecular weight excluding hydrogens is 242 g/mol. The molecule has 19 heavy (non-hydrogen) atoms. The van der Waals surface area contributed by atoms with Gasteiger partial charge in [0.15, 0.2) is 0 Å². The van der Waals surface area contributed by atoms with Crippen LogP contribution in [0.1, 0.15) is 19.3 Å². The first-order valence-corrected chi connectivity index (χ1v) is 6.87. The van der Waals surface area contributed by atoms with E-state index in [1.165, 1.54) is 0 Å². The van der Waals surface area contributed by atoms with Crippen LogP contribution in [0.5, 0.6) is 5.75 Å². The maximum absolute atomic E-state index is 11.7. The Morgan fingerprint density at radius 3 is 2.74 bits per heavy atom. The molecule has 1 aliphatic rings. The van der Waals surface area contributed by atoms with Gasteiger partial charge in [-0.3, -0.25) is 4.79 Å². The lowest BCUT2D eigenvalue weighted by Gasteiger charge is -2.22. The smallest absolute Gasteiger partial charge is 0.223 e. The first-order chi connectivity index (χ1) is 9.34. The van der Waals surface area contributed by atoms with Gasteiger partial charge in [0.05, 0.1) is 13.0 Å². The molecule has 1 fully saturated rings. The zero-order valence-electron chi connectivity index (χ0n) is 11.1. The van der Waals surface area contributed by atoms with Crippen LogP contribution in [0.25, 0.3) is 0 Å². The highest BCUT2D eigenvalue weighted by atomic mass is 16.5. The van der Waals surface area contributed by atoms with Crippen molar-refractivity contribution in [3.63, 3.8) is 0 Å². The van der Waals surface area contributed by atoms with Gasteiger partial charge in [-0.15, -0.1) is 0 Å². The third kappa shape index (κ3) is 5.30. The van der Waals surface area contributed by atoms with Crippen LogP contribution in [-0.4, -0.2) is 32.3 Å². The van der Waals surface area contributed by atoms with Crippen LogP contribution in [0, 0.1) is 5.92 Å². The summed E-state index contributed by atoms with van der Waals surface area (Å²) in [6.45, 7) is 2.81. The maximum atomic E-state index is 11.7. The molecule has 0 aromatic heterocycles. The van der Waals surface area contributed by atoms with Gasteiger partial charge in [0, 0.05) is 19.8 Å². The Hall–Kier alpha value is -1.55. The highest BCUT2D eigenvalue weighted by Gasteiger charge is 2.14. The standard InChI is InChI=1S/C15H21NO3/c17-15(16-12-13-6-9-18-10-7-13)8-11-19-14-4-2-1-3-5-14/h1-5,13H,6-12H2,(H,16,17). The van der Waals surface area contributed by atoms with E-state index in [0.717, 1.165) is 38.3 Å². The molecule has 1 aromatic carbocycles. The van der Waals surface area contributed by atoms with Gasteiger partial charge in [0.25, 0.3) is 0 Å². The minimum atomic E-state index is 0.0578. The molecule has 0 unspecified atom stereocenters. The monoisotopic (exact) mass is 263 g/mol. The molecule has 1 heterocycles. The van der Waals surface area contributed by atoms with Crippen LogP contribution < -0.4 is 10.1 Å². The van der Waals surface area contributed by atoms with Crippen LogP contribution in [0.2, 0.25) is 0 Å². The molecule has 1 N–H and O–H groups in total. The lowest BCUT2D eigenvalue weighted by molar-refractivity contribution is -0.121. The fraction of sp³-hybridized carbons (Fsp3) is 0.533. The summed E-state index contributed by atoms with van der Waals surface area (Å²) in [4.78, 5) is 11.7. The van der Waals surface area contributed by atoms with Crippen molar-refractivity contribution < 1.29 is 14.3 Å². The molecular formula is C15H21NO3. The van der Waals surface area contributed by atoms with Crippen LogP contribution in [-0.2, 0) is 9.53 Å². The second kappa shape index (κ2) is 7.79. The van der Waals surface area contributed by atoms with Gasteiger partial charge in [-0.2, -0.15) is 0 Å². The second-order valence-corrected chi connectivity index (χ2v) is 4.77. The first kappa shape index (κ1) is 13.9. The Labute approximate surface area is 114 Å². The summed E-state index contributed by atoms with van der Waals surface area (Å²) in [7, 11) is 0. The Bertz CT molecular complexity index is 374. The molecule has 1 amide bonds. The van der Waals surface area contributed by atoms with E-state index in [2.05, 4.69) is 5.32 Å². The van der Waals surface area contributed by atoms with Gasteiger partial charge in [0.1, 0.15) is 5.75 Å². The SMILES string of the molecule is O=C(CCOc1ccccc1)NCC1CCOCC1. The zero-order chi connectivity index (χ0) is 13.3. The number of nitrogens with one attached hydrogen (secondary N) is 1. The summed E-state index contributed by atoms with van der Waals surface area (Å²) >= 11 is 0. The number of benzene rings is 1. The number of hydrogen-bond acceptors (Lipinski definition) is 3. The molecule has 1 saturated heterocycles. The Balaban J connectivity index is 1.57. The van der Waals surface area contributed by atoms with Crippen LogP contribution >= 0.6 is 0 Å². The third-order valence-corrected chi connectivity index (χ3v) is 3.27. The fourth-order valence-electron chi connectivity index (χ4n) is 2.08. The number of ether oxygens (including phenoxy) is 2. The summed E-state index contributed by atoms with van der Waals surface area (Å²) in [5, 5.41) is 2.96. The van der Waals surface area contributed by atoms with E-state index in [-0.39, 0.29) is 5.91 Å². The maximum Gasteiger partial charge on any atom is 0.223 e. The molecule has 0 bridgehead atoms. The summed E-state index contributed by atoms with van der Waals surface area (Å²) in [6, 6.07) is 9.55. The minimum absolute atomic E-state index is 0.0578. The highest BCUT2D eigenvalue weighted by Crippen LogP contribution is 2.13. The molecule has 1 aromatic rings. The van der Waals surface area contributed by atoms with E-state index >= 15 is 0 Å². The van der Waals surface area contributed by atoms with Crippen molar-refractivity contribution in [1.82, 2.24) is 5.32 Å². The van der Waals surface area contributed by atoms with Gasteiger partial charge in [0.2, 0.25) is 5.91 Å². The van der Waals surface area contributed by atoms with E-state index < -0.39 is 0 Å². The van der Waals surface area contributed by atoms with Crippen LogP contribution in [0.4, 0.5) is 0 Å². The number of hydrogen-bond donors (Lipinski definition) is 1.